The van der Waals surface area contributed by atoms with E-state index in [1.54, 1.807) is 6.20 Å². The third-order valence-corrected chi connectivity index (χ3v) is 3.07. The number of rotatable bonds is 0. The molecule has 2 aromatic rings. The van der Waals surface area contributed by atoms with Gasteiger partial charge in [-0.3, -0.25) is 4.98 Å². The maximum atomic E-state index is 4.18. The van der Waals surface area contributed by atoms with Gasteiger partial charge in [-0.15, -0.1) is 0 Å². The zero-order valence-corrected chi connectivity index (χ0v) is 7.89. The predicted octanol–water partition coefficient (Wildman–Crippen LogP) is 2.30. The Bertz CT molecular complexity index is 357. The molecule has 0 fully saturated rings. The Labute approximate surface area is 75.6 Å². The first kappa shape index (κ1) is 6.48. The van der Waals surface area contributed by atoms with Gasteiger partial charge in [0.25, 0.3) is 0 Å². The minimum absolute atomic E-state index is 0.998. The van der Waals surface area contributed by atoms with Crippen LogP contribution in [0.2, 0.25) is 0 Å². The number of fused-ring (bicyclic) bond motifs is 1. The smallest absolute Gasteiger partial charge is 0.141 e. The van der Waals surface area contributed by atoms with E-state index in [1.807, 2.05) is 12.1 Å². The summed E-state index contributed by atoms with van der Waals surface area (Å²) >= 11 is 3.68. The van der Waals surface area contributed by atoms with Crippen molar-refractivity contribution in [2.24, 2.45) is 0 Å². The lowest BCUT2D eigenvalue weighted by Gasteiger charge is -1.82. The summed E-state index contributed by atoms with van der Waals surface area (Å²) < 4.78 is 6.32. The van der Waals surface area contributed by atoms with Crippen molar-refractivity contribution in [3.8, 4) is 0 Å². The van der Waals surface area contributed by atoms with Crippen molar-refractivity contribution in [3.63, 3.8) is 0 Å². The summed E-state index contributed by atoms with van der Waals surface area (Å²) in [4.78, 5) is 4.18. The number of hydrogen-bond acceptors (Lipinski definition) is 3. The van der Waals surface area contributed by atoms with E-state index < -0.39 is 0 Å². The van der Waals surface area contributed by atoms with Crippen molar-refractivity contribution in [3.05, 3.63) is 22.0 Å². The second-order valence-electron chi connectivity index (χ2n) is 1.82. The molecule has 2 rings (SSSR count). The average Bonchev–Trinajstić information content (AvgIpc) is 2.34. The Morgan fingerprint density at radius 3 is 3.20 bits per heavy atom. The lowest BCUT2D eigenvalue weighted by Crippen LogP contribution is -1.72. The largest absolute Gasteiger partial charge is 0.253 e. The summed E-state index contributed by atoms with van der Waals surface area (Å²) in [6.07, 6.45) is 1.79. The molecule has 4 heteroatoms. The highest BCUT2D eigenvalue weighted by Gasteiger charge is 2.00. The van der Waals surface area contributed by atoms with Crippen molar-refractivity contribution in [2.45, 2.75) is 0 Å². The Kier molecular flexibility index (Phi) is 1.57. The zero-order valence-electron chi connectivity index (χ0n) is 4.91. The topological polar surface area (TPSA) is 25.8 Å². The van der Waals surface area contributed by atoms with Gasteiger partial charge in [-0.25, -0.2) is 0 Å². The lowest BCUT2D eigenvalue weighted by atomic mass is 10.4. The molecule has 0 aliphatic rings. The van der Waals surface area contributed by atoms with Crippen molar-refractivity contribution >= 4 is 44.3 Å². The second kappa shape index (κ2) is 2.43. The van der Waals surface area contributed by atoms with Crippen molar-refractivity contribution in [1.82, 2.24) is 9.36 Å². The van der Waals surface area contributed by atoms with Crippen molar-refractivity contribution in [2.75, 3.05) is 0 Å². The van der Waals surface area contributed by atoms with E-state index in [2.05, 4.69) is 31.9 Å². The van der Waals surface area contributed by atoms with Crippen LogP contribution in [0.4, 0.5) is 0 Å². The van der Waals surface area contributed by atoms with E-state index in [9.17, 15) is 0 Å². The van der Waals surface area contributed by atoms with Crippen LogP contribution < -0.4 is 0 Å². The van der Waals surface area contributed by atoms with Crippen LogP contribution in [0.3, 0.4) is 0 Å². The molecule has 0 saturated carbocycles. The molecule has 0 spiro atoms. The van der Waals surface area contributed by atoms with Crippen LogP contribution in [0.25, 0.3) is 10.2 Å². The molecule has 2 heterocycles. The maximum absolute atomic E-state index is 4.18. The van der Waals surface area contributed by atoms with Gasteiger partial charge in [0.05, 0.1) is 4.70 Å². The van der Waals surface area contributed by atoms with Crippen LogP contribution in [-0.4, -0.2) is 9.36 Å². The molecule has 0 atom stereocenters. The monoisotopic (exact) mass is 262 g/mol. The molecule has 0 amide bonds. The molecule has 0 radical (unpaired) electrons. The first-order chi connectivity index (χ1) is 4.88. The van der Waals surface area contributed by atoms with Gasteiger partial charge in [-0.1, -0.05) is 0 Å². The van der Waals surface area contributed by atoms with Crippen LogP contribution in [0.15, 0.2) is 18.3 Å². The molecular weight excluding hydrogens is 259 g/mol. The molecule has 0 bridgehead atoms. The average molecular weight is 262 g/mol. The molecule has 0 N–H and O–H groups in total. The van der Waals surface area contributed by atoms with E-state index in [1.165, 1.54) is 11.5 Å². The molecule has 2 aromatic heterocycles. The van der Waals surface area contributed by atoms with Crippen molar-refractivity contribution < 1.29 is 0 Å². The number of pyridine rings is 1. The van der Waals surface area contributed by atoms with Gasteiger partial charge in [-0.05, 0) is 46.3 Å². The molecule has 0 aliphatic carbocycles. The van der Waals surface area contributed by atoms with E-state index in [4.69, 9.17) is 0 Å². The third kappa shape index (κ3) is 0.911. The molecule has 2 nitrogen and oxygen atoms in total. The second-order valence-corrected chi connectivity index (χ2v) is 3.65. The van der Waals surface area contributed by atoms with E-state index in [-0.39, 0.29) is 0 Å². The van der Waals surface area contributed by atoms with Crippen LogP contribution >= 0.6 is 34.1 Å². The number of aromatic nitrogens is 2. The van der Waals surface area contributed by atoms with E-state index in [0.717, 1.165) is 13.9 Å². The Balaban J connectivity index is 2.93. The number of halogens is 1. The molecule has 0 unspecified atom stereocenters. The van der Waals surface area contributed by atoms with E-state index in [0.29, 0.717) is 0 Å². The molecular formula is C6H3IN2S. The summed E-state index contributed by atoms with van der Waals surface area (Å²) in [6.45, 7) is 0. The van der Waals surface area contributed by atoms with Gasteiger partial charge in [0.15, 0.2) is 0 Å². The van der Waals surface area contributed by atoms with Gasteiger partial charge in [0.1, 0.15) is 9.22 Å². The first-order valence-electron chi connectivity index (χ1n) is 2.74. The number of nitrogens with zero attached hydrogens (tertiary/aromatic N) is 2. The first-order valence-corrected chi connectivity index (χ1v) is 4.59. The highest BCUT2D eigenvalue weighted by atomic mass is 127. The minimum Gasteiger partial charge on any atom is -0.253 e. The normalized spacial score (nSPS) is 10.5. The van der Waals surface area contributed by atoms with Gasteiger partial charge in [0.2, 0.25) is 0 Å². The maximum Gasteiger partial charge on any atom is 0.141 e. The lowest BCUT2D eigenvalue weighted by molar-refractivity contribution is 1.38. The summed E-state index contributed by atoms with van der Waals surface area (Å²) in [5.74, 6) is 0. The zero-order chi connectivity index (χ0) is 6.97. The van der Waals surface area contributed by atoms with Crippen LogP contribution in [0.1, 0.15) is 0 Å². The summed E-state index contributed by atoms with van der Waals surface area (Å²) in [5.41, 5.74) is 1.02. The van der Waals surface area contributed by atoms with Gasteiger partial charge >= 0.3 is 0 Å². The quantitative estimate of drug-likeness (QED) is 0.681. The van der Waals surface area contributed by atoms with Gasteiger partial charge < -0.3 is 0 Å². The van der Waals surface area contributed by atoms with Crippen LogP contribution in [0.5, 0.6) is 0 Å². The van der Waals surface area contributed by atoms with Gasteiger partial charge in [-0.2, -0.15) is 4.37 Å². The minimum atomic E-state index is 0.998. The van der Waals surface area contributed by atoms with Crippen LogP contribution in [0, 0.1) is 3.70 Å². The third-order valence-electron chi connectivity index (χ3n) is 1.19. The standard InChI is InChI=1S/C6H3IN2S/c7-6-5-4(10-9-6)2-1-3-8-5/h1-3H. The van der Waals surface area contributed by atoms with E-state index >= 15 is 0 Å². The highest BCUT2D eigenvalue weighted by Crippen LogP contribution is 2.20. The summed E-state index contributed by atoms with van der Waals surface area (Å²) in [7, 11) is 0. The molecule has 10 heavy (non-hydrogen) atoms. The Morgan fingerprint density at radius 1 is 1.50 bits per heavy atom. The van der Waals surface area contributed by atoms with Gasteiger partial charge in [0, 0.05) is 6.20 Å². The highest BCUT2D eigenvalue weighted by molar-refractivity contribution is 14.1. The molecule has 0 saturated heterocycles. The molecule has 50 valence electrons. The fourth-order valence-corrected chi connectivity index (χ4v) is 2.30. The summed E-state index contributed by atoms with van der Waals surface area (Å²) in [6, 6.07) is 3.96. The predicted molar refractivity (Wildman–Crippen MR) is 50.1 cm³/mol. The molecule has 0 aromatic carbocycles. The Morgan fingerprint density at radius 2 is 2.40 bits per heavy atom. The summed E-state index contributed by atoms with van der Waals surface area (Å²) in [5, 5.41) is 0. The Hall–Kier alpha value is -0.230. The number of hydrogen-bond donors (Lipinski definition) is 0. The van der Waals surface area contributed by atoms with Crippen LogP contribution in [-0.2, 0) is 0 Å². The van der Waals surface area contributed by atoms with Crippen molar-refractivity contribution in [1.29, 1.82) is 0 Å². The molecule has 0 aliphatic heterocycles. The fraction of sp³-hybridized carbons (Fsp3) is 0. The fourth-order valence-electron chi connectivity index (χ4n) is 0.752. The SMILES string of the molecule is Ic1nsc2cccnc12.